The molecular formula is C18H18N2O3. The molecule has 1 aliphatic heterocycles. The topological polar surface area (TPSA) is 58.6 Å². The first-order valence-electron chi connectivity index (χ1n) is 7.42. The molecule has 0 bridgehead atoms. The summed E-state index contributed by atoms with van der Waals surface area (Å²) in [5.41, 5.74) is 2.50. The molecule has 2 aromatic carbocycles. The summed E-state index contributed by atoms with van der Waals surface area (Å²) in [5, 5.41) is 3.15. The Bertz CT molecular complexity index is 740. The average Bonchev–Trinajstić information content (AvgIpc) is 2.81. The van der Waals surface area contributed by atoms with Crippen molar-refractivity contribution in [1.29, 1.82) is 0 Å². The Labute approximate surface area is 134 Å². The van der Waals surface area contributed by atoms with Gasteiger partial charge in [-0.2, -0.15) is 0 Å². The van der Waals surface area contributed by atoms with Crippen molar-refractivity contribution in [2.24, 2.45) is 0 Å². The highest BCUT2D eigenvalue weighted by Gasteiger charge is 2.39. The molecular weight excluding hydrogens is 292 g/mol. The summed E-state index contributed by atoms with van der Waals surface area (Å²) in [4.78, 5) is 26.0. The molecule has 0 saturated carbocycles. The summed E-state index contributed by atoms with van der Waals surface area (Å²) in [6, 6.07) is 14.1. The van der Waals surface area contributed by atoms with Crippen molar-refractivity contribution in [3.05, 3.63) is 54.1 Å². The van der Waals surface area contributed by atoms with Crippen molar-refractivity contribution in [1.82, 2.24) is 0 Å². The van der Waals surface area contributed by atoms with Gasteiger partial charge in [-0.05, 0) is 48.9 Å². The number of amides is 2. The largest absolute Gasteiger partial charge is 0.497 e. The van der Waals surface area contributed by atoms with Gasteiger partial charge in [0.1, 0.15) is 11.8 Å². The number of benzene rings is 2. The van der Waals surface area contributed by atoms with Crippen molar-refractivity contribution in [2.75, 3.05) is 17.3 Å². The van der Waals surface area contributed by atoms with Gasteiger partial charge in [-0.1, -0.05) is 12.1 Å². The number of aryl methyl sites for hydroxylation is 1. The summed E-state index contributed by atoms with van der Waals surface area (Å²) >= 11 is 0. The van der Waals surface area contributed by atoms with E-state index in [4.69, 9.17) is 4.74 Å². The number of anilines is 2. The van der Waals surface area contributed by atoms with E-state index in [1.807, 2.05) is 31.2 Å². The molecule has 0 spiro atoms. The lowest BCUT2D eigenvalue weighted by atomic mass is 10.2. The zero-order chi connectivity index (χ0) is 16.4. The monoisotopic (exact) mass is 310 g/mol. The lowest BCUT2D eigenvalue weighted by molar-refractivity contribution is -0.121. The lowest BCUT2D eigenvalue weighted by Crippen LogP contribution is -2.34. The first-order chi connectivity index (χ1) is 11.1. The van der Waals surface area contributed by atoms with Gasteiger partial charge < -0.3 is 10.1 Å². The second kappa shape index (κ2) is 6.12. The van der Waals surface area contributed by atoms with Gasteiger partial charge in [0.15, 0.2) is 0 Å². The fourth-order valence-corrected chi connectivity index (χ4v) is 2.68. The molecule has 23 heavy (non-hydrogen) atoms. The van der Waals surface area contributed by atoms with Crippen molar-refractivity contribution in [3.8, 4) is 5.75 Å². The molecule has 118 valence electrons. The van der Waals surface area contributed by atoms with Crippen LogP contribution in [0.15, 0.2) is 48.5 Å². The predicted octanol–water partition coefficient (Wildman–Crippen LogP) is 2.75. The van der Waals surface area contributed by atoms with E-state index in [0.29, 0.717) is 11.4 Å². The number of rotatable bonds is 4. The van der Waals surface area contributed by atoms with E-state index in [9.17, 15) is 9.59 Å². The van der Waals surface area contributed by atoms with Crippen molar-refractivity contribution >= 4 is 23.2 Å². The van der Waals surface area contributed by atoms with E-state index in [1.165, 1.54) is 4.90 Å². The first kappa shape index (κ1) is 15.1. The fraction of sp³-hybridized carbons (Fsp3) is 0.222. The molecule has 0 unspecified atom stereocenters. The molecule has 1 fully saturated rings. The number of imide groups is 1. The minimum Gasteiger partial charge on any atom is -0.497 e. The highest BCUT2D eigenvalue weighted by molar-refractivity contribution is 6.23. The third kappa shape index (κ3) is 3.04. The van der Waals surface area contributed by atoms with Gasteiger partial charge in [0, 0.05) is 5.69 Å². The number of hydrogen-bond donors (Lipinski definition) is 1. The van der Waals surface area contributed by atoms with Crippen molar-refractivity contribution < 1.29 is 14.3 Å². The SMILES string of the molecule is COc1ccc(N2C(=O)C[C@H](Nc3cccc(C)c3)C2=O)cc1. The average molecular weight is 310 g/mol. The normalized spacial score (nSPS) is 17.5. The minimum absolute atomic E-state index is 0.152. The van der Waals surface area contributed by atoms with Crippen LogP contribution in [0, 0.1) is 6.92 Å². The molecule has 5 heteroatoms. The maximum Gasteiger partial charge on any atom is 0.256 e. The fourth-order valence-electron chi connectivity index (χ4n) is 2.68. The van der Waals surface area contributed by atoms with E-state index in [0.717, 1.165) is 11.3 Å². The van der Waals surface area contributed by atoms with Crippen LogP contribution in [0.5, 0.6) is 5.75 Å². The molecule has 1 saturated heterocycles. The number of ether oxygens (including phenoxy) is 1. The quantitative estimate of drug-likeness (QED) is 0.882. The molecule has 1 heterocycles. The van der Waals surface area contributed by atoms with Crippen LogP contribution < -0.4 is 15.0 Å². The van der Waals surface area contributed by atoms with Crippen LogP contribution in [0.1, 0.15) is 12.0 Å². The predicted molar refractivity (Wildman–Crippen MR) is 88.7 cm³/mol. The zero-order valence-corrected chi connectivity index (χ0v) is 13.1. The summed E-state index contributed by atoms with van der Waals surface area (Å²) in [5.74, 6) is 0.245. The standard InChI is InChI=1S/C18H18N2O3/c1-12-4-3-5-13(10-12)19-16-11-17(21)20(18(16)22)14-6-8-15(23-2)9-7-14/h3-10,16,19H,11H2,1-2H3/t16-/m0/s1. The molecule has 0 radical (unpaired) electrons. The molecule has 1 aliphatic rings. The Morgan fingerprint density at radius 3 is 2.52 bits per heavy atom. The van der Waals surface area contributed by atoms with Gasteiger partial charge >= 0.3 is 0 Å². The van der Waals surface area contributed by atoms with Gasteiger partial charge in [0.25, 0.3) is 5.91 Å². The van der Waals surface area contributed by atoms with Crippen LogP contribution in [-0.2, 0) is 9.59 Å². The Hall–Kier alpha value is -2.82. The Kier molecular flexibility index (Phi) is 4.02. The van der Waals surface area contributed by atoms with Crippen LogP contribution in [-0.4, -0.2) is 25.0 Å². The molecule has 2 aromatic rings. The van der Waals surface area contributed by atoms with Gasteiger partial charge in [-0.25, -0.2) is 4.90 Å². The summed E-state index contributed by atoms with van der Waals surface area (Å²) in [6.45, 7) is 1.98. The van der Waals surface area contributed by atoms with E-state index in [1.54, 1.807) is 31.4 Å². The zero-order valence-electron chi connectivity index (χ0n) is 13.1. The second-order valence-electron chi connectivity index (χ2n) is 5.54. The third-order valence-corrected chi connectivity index (χ3v) is 3.84. The van der Waals surface area contributed by atoms with Crippen molar-refractivity contribution in [3.63, 3.8) is 0 Å². The van der Waals surface area contributed by atoms with Gasteiger partial charge in [0.05, 0.1) is 19.2 Å². The first-order valence-corrected chi connectivity index (χ1v) is 7.42. The van der Waals surface area contributed by atoms with Gasteiger partial charge in [-0.15, -0.1) is 0 Å². The van der Waals surface area contributed by atoms with E-state index < -0.39 is 6.04 Å². The Morgan fingerprint density at radius 1 is 1.13 bits per heavy atom. The molecule has 1 N–H and O–H groups in total. The molecule has 1 atom stereocenters. The van der Waals surface area contributed by atoms with Crippen LogP contribution in [0.3, 0.4) is 0 Å². The highest BCUT2D eigenvalue weighted by Crippen LogP contribution is 2.26. The summed E-state index contributed by atoms with van der Waals surface area (Å²) in [6.07, 6.45) is 0.152. The van der Waals surface area contributed by atoms with E-state index in [-0.39, 0.29) is 18.2 Å². The second-order valence-corrected chi connectivity index (χ2v) is 5.54. The number of nitrogens with zero attached hydrogens (tertiary/aromatic N) is 1. The highest BCUT2D eigenvalue weighted by atomic mass is 16.5. The Balaban J connectivity index is 1.79. The number of carbonyl (C=O) groups excluding carboxylic acids is 2. The van der Waals surface area contributed by atoms with Crippen molar-refractivity contribution in [2.45, 2.75) is 19.4 Å². The van der Waals surface area contributed by atoms with Gasteiger partial charge in [0.2, 0.25) is 5.91 Å². The summed E-state index contributed by atoms with van der Waals surface area (Å²) in [7, 11) is 1.57. The molecule has 3 rings (SSSR count). The van der Waals surface area contributed by atoms with Crippen LogP contribution in [0.25, 0.3) is 0 Å². The summed E-state index contributed by atoms with van der Waals surface area (Å²) < 4.78 is 5.10. The number of nitrogens with one attached hydrogen (secondary N) is 1. The van der Waals surface area contributed by atoms with Crippen LogP contribution in [0.2, 0.25) is 0 Å². The van der Waals surface area contributed by atoms with E-state index in [2.05, 4.69) is 5.32 Å². The molecule has 0 aliphatic carbocycles. The minimum atomic E-state index is -0.536. The number of carbonyl (C=O) groups is 2. The number of methoxy groups -OCH3 is 1. The molecule has 2 amide bonds. The van der Waals surface area contributed by atoms with Crippen LogP contribution in [0.4, 0.5) is 11.4 Å². The maximum atomic E-state index is 12.6. The lowest BCUT2D eigenvalue weighted by Gasteiger charge is -2.16. The molecule has 0 aromatic heterocycles. The van der Waals surface area contributed by atoms with Gasteiger partial charge in [-0.3, -0.25) is 9.59 Å². The smallest absolute Gasteiger partial charge is 0.256 e. The Morgan fingerprint density at radius 2 is 1.87 bits per heavy atom. The third-order valence-electron chi connectivity index (χ3n) is 3.84. The van der Waals surface area contributed by atoms with E-state index >= 15 is 0 Å². The maximum absolute atomic E-state index is 12.6. The van der Waals surface area contributed by atoms with Crippen LogP contribution >= 0.6 is 0 Å². The number of hydrogen-bond acceptors (Lipinski definition) is 4. The molecule has 5 nitrogen and oxygen atoms in total.